The van der Waals surface area contributed by atoms with E-state index in [9.17, 15) is 9.59 Å². The zero-order valence-corrected chi connectivity index (χ0v) is 18.9. The monoisotopic (exact) mass is 447 g/mol. The molecule has 1 N–H and O–H groups in total. The number of carbonyl (C=O) groups is 1. The van der Waals surface area contributed by atoms with Gasteiger partial charge in [0.15, 0.2) is 0 Å². The lowest BCUT2D eigenvalue weighted by molar-refractivity contribution is -0.117. The van der Waals surface area contributed by atoms with Crippen LogP contribution in [0.15, 0.2) is 59.4 Å². The van der Waals surface area contributed by atoms with Crippen LogP contribution in [0.1, 0.15) is 29.6 Å². The Hall–Kier alpha value is -3.23. The Kier molecular flexibility index (Phi) is 5.40. The number of aromatic nitrogens is 3. The minimum absolute atomic E-state index is 0.135. The van der Waals surface area contributed by atoms with Gasteiger partial charge in [0.05, 0.1) is 34.2 Å². The highest BCUT2D eigenvalue weighted by Crippen LogP contribution is 2.36. The van der Waals surface area contributed by atoms with Crippen LogP contribution >= 0.6 is 11.3 Å². The lowest BCUT2D eigenvalue weighted by Gasteiger charge is -2.21. The van der Waals surface area contributed by atoms with Crippen molar-refractivity contribution in [3.8, 4) is 5.69 Å². The molecule has 1 fully saturated rings. The van der Waals surface area contributed by atoms with Crippen molar-refractivity contribution in [1.82, 2.24) is 19.2 Å². The third-order valence-electron chi connectivity index (χ3n) is 6.12. The summed E-state index contributed by atoms with van der Waals surface area (Å²) in [6.07, 6.45) is 2.01. The molecule has 0 saturated carbocycles. The maximum Gasteiger partial charge on any atom is 0.295 e. The molecule has 8 heteroatoms. The van der Waals surface area contributed by atoms with Gasteiger partial charge < -0.3 is 5.32 Å². The minimum atomic E-state index is -0.228. The van der Waals surface area contributed by atoms with Gasteiger partial charge in [-0.15, -0.1) is 11.3 Å². The molecule has 2 aromatic carbocycles. The molecule has 7 nitrogen and oxygen atoms in total. The molecule has 0 spiro atoms. The average molecular weight is 448 g/mol. The van der Waals surface area contributed by atoms with Gasteiger partial charge >= 0.3 is 0 Å². The van der Waals surface area contributed by atoms with Crippen molar-refractivity contribution >= 4 is 33.1 Å². The first-order valence-electron chi connectivity index (χ1n) is 10.8. The van der Waals surface area contributed by atoms with Crippen LogP contribution in [0.2, 0.25) is 0 Å². The third-order valence-corrected chi connectivity index (χ3v) is 7.26. The number of hydrogen-bond donors (Lipinski definition) is 1. The van der Waals surface area contributed by atoms with Crippen LogP contribution in [0.3, 0.4) is 0 Å². The number of likely N-dealkylation sites (tertiary alicyclic amines) is 1. The van der Waals surface area contributed by atoms with E-state index >= 15 is 0 Å². The number of carbonyl (C=O) groups excluding carboxylic acids is 1. The van der Waals surface area contributed by atoms with Crippen molar-refractivity contribution in [3.05, 3.63) is 75.7 Å². The van der Waals surface area contributed by atoms with Gasteiger partial charge in [-0.05, 0) is 50.6 Å². The quantitative estimate of drug-likeness (QED) is 0.504. The van der Waals surface area contributed by atoms with E-state index in [1.807, 2.05) is 62.5 Å². The van der Waals surface area contributed by atoms with Crippen LogP contribution in [0, 0.1) is 6.92 Å². The van der Waals surface area contributed by atoms with E-state index in [0.717, 1.165) is 41.3 Å². The van der Waals surface area contributed by atoms with Crippen molar-refractivity contribution in [2.75, 3.05) is 18.4 Å². The van der Waals surface area contributed by atoms with Crippen LogP contribution in [-0.2, 0) is 11.8 Å². The molecule has 4 aromatic rings. The molecule has 1 unspecified atom stereocenters. The molecule has 0 aliphatic carbocycles. The standard InChI is InChI=1S/C24H25N5O2S/c1-16-22(24(31)29(27(16)2)17-9-4-3-5-10-17)26-21(30)15-28-14-8-12-19(28)23-25-18-11-6-7-13-20(18)32-23/h3-7,9-11,13,19H,8,12,14-15H2,1-2H3,(H,26,30). The van der Waals surface area contributed by atoms with Gasteiger partial charge in [0.2, 0.25) is 5.91 Å². The Morgan fingerprint density at radius 1 is 1.16 bits per heavy atom. The van der Waals surface area contributed by atoms with E-state index in [-0.39, 0.29) is 24.1 Å². The number of hydrogen-bond acceptors (Lipinski definition) is 5. The largest absolute Gasteiger partial charge is 0.319 e. The molecule has 0 radical (unpaired) electrons. The smallest absolute Gasteiger partial charge is 0.295 e. The Morgan fingerprint density at radius 3 is 2.69 bits per heavy atom. The van der Waals surface area contributed by atoms with Crippen molar-refractivity contribution in [3.63, 3.8) is 0 Å². The number of anilines is 1. The molecule has 164 valence electrons. The summed E-state index contributed by atoms with van der Waals surface area (Å²) in [6, 6.07) is 17.7. The minimum Gasteiger partial charge on any atom is -0.319 e. The van der Waals surface area contributed by atoms with E-state index < -0.39 is 0 Å². The Morgan fingerprint density at radius 2 is 1.91 bits per heavy atom. The van der Waals surface area contributed by atoms with Crippen LogP contribution in [0.5, 0.6) is 0 Å². The van der Waals surface area contributed by atoms with Gasteiger partial charge in [-0.1, -0.05) is 30.3 Å². The number of thiazole rings is 1. The second kappa shape index (κ2) is 8.37. The van der Waals surface area contributed by atoms with Crippen LogP contribution in [-0.4, -0.2) is 38.2 Å². The number of rotatable bonds is 5. The first-order chi connectivity index (χ1) is 15.5. The molecule has 1 atom stereocenters. The first kappa shape index (κ1) is 20.7. The highest BCUT2D eigenvalue weighted by Gasteiger charge is 2.30. The van der Waals surface area contributed by atoms with Crippen molar-refractivity contribution < 1.29 is 4.79 Å². The summed E-state index contributed by atoms with van der Waals surface area (Å²) < 4.78 is 4.51. The van der Waals surface area contributed by atoms with Gasteiger partial charge in [0, 0.05) is 7.05 Å². The van der Waals surface area contributed by atoms with Gasteiger partial charge in [-0.2, -0.15) is 0 Å². The molecule has 1 saturated heterocycles. The summed E-state index contributed by atoms with van der Waals surface area (Å²) in [6.45, 7) is 2.92. The highest BCUT2D eigenvalue weighted by molar-refractivity contribution is 7.18. The molecule has 32 heavy (non-hydrogen) atoms. The highest BCUT2D eigenvalue weighted by atomic mass is 32.1. The van der Waals surface area contributed by atoms with Gasteiger partial charge in [-0.25, -0.2) is 9.67 Å². The molecule has 1 aliphatic heterocycles. The summed E-state index contributed by atoms with van der Waals surface area (Å²) >= 11 is 1.70. The number of amides is 1. The molecule has 1 amide bonds. The number of benzene rings is 2. The van der Waals surface area contributed by atoms with Gasteiger partial charge in [0.25, 0.3) is 5.56 Å². The van der Waals surface area contributed by atoms with E-state index in [1.165, 1.54) is 4.70 Å². The molecular formula is C24H25N5O2S. The van der Waals surface area contributed by atoms with Crippen LogP contribution < -0.4 is 10.9 Å². The normalized spacial score (nSPS) is 16.6. The lowest BCUT2D eigenvalue weighted by atomic mass is 10.2. The molecule has 0 bridgehead atoms. The first-order valence-corrected chi connectivity index (χ1v) is 11.6. The molecule has 3 heterocycles. The second-order valence-electron chi connectivity index (χ2n) is 8.13. The summed E-state index contributed by atoms with van der Waals surface area (Å²) in [5.41, 5.74) is 2.59. The number of nitrogens with one attached hydrogen (secondary N) is 1. The fraction of sp³-hybridized carbons (Fsp3) is 0.292. The zero-order chi connectivity index (χ0) is 22.2. The maximum atomic E-state index is 13.1. The molecule has 2 aromatic heterocycles. The molecular weight excluding hydrogens is 422 g/mol. The van der Waals surface area contributed by atoms with Crippen molar-refractivity contribution in [2.45, 2.75) is 25.8 Å². The second-order valence-corrected chi connectivity index (χ2v) is 9.20. The summed E-state index contributed by atoms with van der Waals surface area (Å²) in [5.74, 6) is -0.177. The fourth-order valence-corrected chi connectivity index (χ4v) is 5.54. The Labute approximate surface area is 189 Å². The zero-order valence-electron chi connectivity index (χ0n) is 18.1. The number of fused-ring (bicyclic) bond motifs is 1. The third kappa shape index (κ3) is 3.65. The van der Waals surface area contributed by atoms with Crippen LogP contribution in [0.4, 0.5) is 5.69 Å². The van der Waals surface area contributed by atoms with Gasteiger partial charge in [0.1, 0.15) is 10.7 Å². The summed E-state index contributed by atoms with van der Waals surface area (Å²) in [5, 5.41) is 3.94. The predicted molar refractivity (Wildman–Crippen MR) is 128 cm³/mol. The predicted octanol–water partition coefficient (Wildman–Crippen LogP) is 3.87. The lowest BCUT2D eigenvalue weighted by Crippen LogP contribution is -2.34. The van der Waals surface area contributed by atoms with E-state index in [1.54, 1.807) is 20.7 Å². The SMILES string of the molecule is Cc1c(NC(=O)CN2CCCC2c2nc3ccccc3s2)c(=O)n(-c2ccccc2)n1C. The summed E-state index contributed by atoms with van der Waals surface area (Å²) in [4.78, 5) is 33.0. The average Bonchev–Trinajstić information content (AvgIpc) is 3.48. The maximum absolute atomic E-state index is 13.1. The molecule has 1 aliphatic rings. The number of nitrogens with zero attached hydrogens (tertiary/aromatic N) is 4. The summed E-state index contributed by atoms with van der Waals surface area (Å²) in [7, 11) is 1.82. The Balaban J connectivity index is 1.35. The Bertz CT molecular complexity index is 1300. The van der Waals surface area contributed by atoms with E-state index in [0.29, 0.717) is 5.69 Å². The van der Waals surface area contributed by atoms with Crippen molar-refractivity contribution in [2.24, 2.45) is 7.05 Å². The fourth-order valence-electron chi connectivity index (χ4n) is 4.40. The topological polar surface area (TPSA) is 72.2 Å². The van der Waals surface area contributed by atoms with E-state index in [2.05, 4.69) is 16.3 Å². The van der Waals surface area contributed by atoms with E-state index in [4.69, 9.17) is 4.98 Å². The van der Waals surface area contributed by atoms with Crippen molar-refractivity contribution in [1.29, 1.82) is 0 Å². The molecule has 5 rings (SSSR count). The van der Waals surface area contributed by atoms with Crippen LogP contribution in [0.25, 0.3) is 15.9 Å². The van der Waals surface area contributed by atoms with Gasteiger partial charge in [-0.3, -0.25) is 19.2 Å². The number of para-hydroxylation sites is 2.